The van der Waals surface area contributed by atoms with Gasteiger partial charge in [0.25, 0.3) is 0 Å². The Morgan fingerprint density at radius 3 is 2.52 bits per heavy atom. The van der Waals surface area contributed by atoms with Crippen LogP contribution in [0, 0.1) is 23.7 Å². The summed E-state index contributed by atoms with van der Waals surface area (Å²) >= 11 is 0. The van der Waals surface area contributed by atoms with Crippen LogP contribution >= 0.6 is 0 Å². The molecule has 3 aliphatic carbocycles. The SMILES string of the molecule is C/C=C/CO[C@@H]1CC[C@@H]2CC(C3CCc4cc(CCCCCC)ccc4C3)CCC2C1. The van der Waals surface area contributed by atoms with Crippen LogP contribution in [0.3, 0.4) is 0 Å². The second-order valence-electron chi connectivity index (χ2n) is 10.8. The van der Waals surface area contributed by atoms with Gasteiger partial charge in [-0.25, -0.2) is 0 Å². The molecule has 2 fully saturated rings. The summed E-state index contributed by atoms with van der Waals surface area (Å²) in [6.45, 7) is 5.19. The van der Waals surface area contributed by atoms with Gasteiger partial charge in [-0.15, -0.1) is 0 Å². The van der Waals surface area contributed by atoms with Crippen LogP contribution in [-0.4, -0.2) is 12.7 Å². The average molecular weight is 423 g/mol. The van der Waals surface area contributed by atoms with E-state index in [0.717, 1.165) is 30.3 Å². The number of fused-ring (bicyclic) bond motifs is 2. The molecule has 0 amide bonds. The highest BCUT2D eigenvalue weighted by molar-refractivity contribution is 5.34. The van der Waals surface area contributed by atoms with Crippen molar-refractivity contribution in [3.63, 3.8) is 0 Å². The molecule has 4 rings (SSSR count). The van der Waals surface area contributed by atoms with Crippen LogP contribution in [0.5, 0.6) is 0 Å². The molecule has 3 unspecified atom stereocenters. The number of aryl methyl sites for hydroxylation is 2. The molecule has 0 N–H and O–H groups in total. The Labute approximate surface area is 192 Å². The van der Waals surface area contributed by atoms with Crippen LogP contribution in [0.25, 0.3) is 0 Å². The lowest BCUT2D eigenvalue weighted by molar-refractivity contribution is -0.0138. The van der Waals surface area contributed by atoms with E-state index in [9.17, 15) is 0 Å². The molecule has 5 atom stereocenters. The number of unbranched alkanes of at least 4 members (excludes halogenated alkanes) is 3. The van der Waals surface area contributed by atoms with Crippen molar-refractivity contribution in [2.45, 2.75) is 110 Å². The molecule has 1 aromatic carbocycles. The fraction of sp³-hybridized carbons (Fsp3) is 0.733. The van der Waals surface area contributed by atoms with Gasteiger partial charge in [-0.1, -0.05) is 56.5 Å². The molecule has 0 spiro atoms. The van der Waals surface area contributed by atoms with Gasteiger partial charge in [-0.3, -0.25) is 0 Å². The van der Waals surface area contributed by atoms with E-state index >= 15 is 0 Å². The van der Waals surface area contributed by atoms with Crippen molar-refractivity contribution in [3.05, 3.63) is 47.0 Å². The summed E-state index contributed by atoms with van der Waals surface area (Å²) in [5.41, 5.74) is 4.94. The number of benzene rings is 1. The zero-order valence-electron chi connectivity index (χ0n) is 20.3. The standard InChI is InChI=1S/C30H46O/c1-3-5-7-8-9-23-10-11-25-20-26(13-12-24(25)19-23)27-14-15-29-22-30(31-18-6-4-2)17-16-28(29)21-27/h4,6,10-11,19,26-30H,3,5,7-9,12-18,20-22H2,1-2H3/b6-4+/t26?,27?,28-,29?,30-/m1/s1. The molecule has 1 aromatic rings. The van der Waals surface area contributed by atoms with E-state index in [4.69, 9.17) is 4.74 Å². The zero-order chi connectivity index (χ0) is 21.5. The topological polar surface area (TPSA) is 9.23 Å². The summed E-state index contributed by atoms with van der Waals surface area (Å²) in [6, 6.07) is 7.50. The monoisotopic (exact) mass is 422 g/mol. The summed E-state index contributed by atoms with van der Waals surface area (Å²) < 4.78 is 6.11. The van der Waals surface area contributed by atoms with Crippen molar-refractivity contribution < 1.29 is 4.74 Å². The molecule has 1 heteroatoms. The van der Waals surface area contributed by atoms with Crippen molar-refractivity contribution >= 4 is 0 Å². The Hall–Kier alpha value is -1.08. The van der Waals surface area contributed by atoms with Crippen molar-refractivity contribution in [1.82, 2.24) is 0 Å². The number of ether oxygens (including phenoxy) is 1. The van der Waals surface area contributed by atoms with Gasteiger partial charge in [-0.05, 0) is 118 Å². The highest BCUT2D eigenvalue weighted by Crippen LogP contribution is 2.47. The maximum Gasteiger partial charge on any atom is 0.0651 e. The van der Waals surface area contributed by atoms with Crippen LogP contribution in [-0.2, 0) is 24.0 Å². The van der Waals surface area contributed by atoms with Gasteiger partial charge in [-0.2, -0.15) is 0 Å². The van der Waals surface area contributed by atoms with Gasteiger partial charge in [0.05, 0.1) is 12.7 Å². The molecule has 172 valence electrons. The van der Waals surface area contributed by atoms with Gasteiger partial charge >= 0.3 is 0 Å². The number of allylic oxidation sites excluding steroid dienone is 1. The third-order valence-corrected chi connectivity index (χ3v) is 8.79. The van der Waals surface area contributed by atoms with Crippen LogP contribution < -0.4 is 0 Å². The summed E-state index contributed by atoms with van der Waals surface area (Å²) in [5.74, 6) is 3.83. The Kier molecular flexibility index (Phi) is 8.71. The maximum atomic E-state index is 6.11. The minimum Gasteiger partial charge on any atom is -0.374 e. The molecule has 0 bridgehead atoms. The molecule has 3 aliphatic rings. The van der Waals surface area contributed by atoms with E-state index in [0.29, 0.717) is 6.10 Å². The smallest absolute Gasteiger partial charge is 0.0651 e. The second-order valence-corrected chi connectivity index (χ2v) is 10.8. The van der Waals surface area contributed by atoms with Crippen LogP contribution in [0.4, 0.5) is 0 Å². The van der Waals surface area contributed by atoms with Gasteiger partial charge in [0.15, 0.2) is 0 Å². The quantitative estimate of drug-likeness (QED) is 0.288. The lowest BCUT2D eigenvalue weighted by Crippen LogP contribution is -2.37. The Morgan fingerprint density at radius 1 is 0.871 bits per heavy atom. The van der Waals surface area contributed by atoms with Crippen molar-refractivity contribution in [2.75, 3.05) is 6.61 Å². The summed E-state index contributed by atoms with van der Waals surface area (Å²) in [5, 5.41) is 0. The van der Waals surface area contributed by atoms with Crippen molar-refractivity contribution in [2.24, 2.45) is 23.7 Å². The molecule has 0 radical (unpaired) electrons. The fourth-order valence-electron chi connectivity index (χ4n) is 6.90. The average Bonchev–Trinajstić information content (AvgIpc) is 2.81. The minimum absolute atomic E-state index is 0.520. The first kappa shape index (κ1) is 23.1. The third-order valence-electron chi connectivity index (χ3n) is 8.79. The van der Waals surface area contributed by atoms with Crippen molar-refractivity contribution in [3.8, 4) is 0 Å². The molecule has 0 aliphatic heterocycles. The molecule has 0 saturated heterocycles. The predicted octanol–water partition coefficient (Wildman–Crippen LogP) is 8.09. The third kappa shape index (κ3) is 6.25. The summed E-state index contributed by atoms with van der Waals surface area (Å²) in [4.78, 5) is 0. The minimum atomic E-state index is 0.520. The van der Waals surface area contributed by atoms with Crippen molar-refractivity contribution in [1.29, 1.82) is 0 Å². The first-order valence-electron chi connectivity index (χ1n) is 13.6. The molecule has 0 heterocycles. The largest absolute Gasteiger partial charge is 0.374 e. The highest BCUT2D eigenvalue weighted by atomic mass is 16.5. The molecular formula is C30H46O. The Bertz CT molecular complexity index is 704. The van der Waals surface area contributed by atoms with Crippen LogP contribution in [0.15, 0.2) is 30.4 Å². The Balaban J connectivity index is 1.26. The number of hydrogen-bond acceptors (Lipinski definition) is 1. The first-order chi connectivity index (χ1) is 15.3. The number of rotatable bonds is 9. The second kappa shape index (κ2) is 11.7. The van der Waals surface area contributed by atoms with Gasteiger partial charge < -0.3 is 4.74 Å². The first-order valence-corrected chi connectivity index (χ1v) is 13.6. The van der Waals surface area contributed by atoms with Gasteiger partial charge in [0, 0.05) is 0 Å². The van der Waals surface area contributed by atoms with Gasteiger partial charge in [0.2, 0.25) is 0 Å². The van der Waals surface area contributed by atoms with E-state index in [1.165, 1.54) is 89.9 Å². The van der Waals surface area contributed by atoms with Crippen LogP contribution in [0.2, 0.25) is 0 Å². The molecule has 2 saturated carbocycles. The van der Waals surface area contributed by atoms with Gasteiger partial charge in [0.1, 0.15) is 0 Å². The van der Waals surface area contributed by atoms with E-state index in [1.807, 2.05) is 0 Å². The predicted molar refractivity (Wildman–Crippen MR) is 133 cm³/mol. The van der Waals surface area contributed by atoms with E-state index in [-0.39, 0.29) is 0 Å². The molecule has 31 heavy (non-hydrogen) atoms. The molecule has 0 aromatic heterocycles. The molecular weight excluding hydrogens is 376 g/mol. The lowest BCUT2D eigenvalue weighted by Gasteiger charge is -2.45. The Morgan fingerprint density at radius 2 is 1.68 bits per heavy atom. The van der Waals surface area contributed by atoms with E-state index in [2.05, 4.69) is 44.2 Å². The zero-order valence-corrected chi connectivity index (χ0v) is 20.3. The van der Waals surface area contributed by atoms with E-state index in [1.54, 1.807) is 16.7 Å². The van der Waals surface area contributed by atoms with Crippen LogP contribution in [0.1, 0.15) is 101 Å². The summed E-state index contributed by atoms with van der Waals surface area (Å²) in [6.07, 6.45) is 24.1. The summed E-state index contributed by atoms with van der Waals surface area (Å²) in [7, 11) is 0. The lowest BCUT2D eigenvalue weighted by atomic mass is 9.62. The highest BCUT2D eigenvalue weighted by Gasteiger charge is 2.38. The molecule has 1 nitrogen and oxygen atoms in total. The number of hydrogen-bond donors (Lipinski definition) is 0. The fourth-order valence-corrected chi connectivity index (χ4v) is 6.90. The maximum absolute atomic E-state index is 6.11. The van der Waals surface area contributed by atoms with E-state index < -0.39 is 0 Å². The normalized spacial score (nSPS) is 30.8.